The number of benzene rings is 2. The first-order valence-corrected chi connectivity index (χ1v) is 12.8. The van der Waals surface area contributed by atoms with Gasteiger partial charge in [0.25, 0.3) is 0 Å². The highest BCUT2D eigenvalue weighted by Gasteiger charge is 2.50. The van der Waals surface area contributed by atoms with Crippen LogP contribution in [0.2, 0.25) is 0 Å². The van der Waals surface area contributed by atoms with E-state index in [-0.39, 0.29) is 12.4 Å². The van der Waals surface area contributed by atoms with E-state index in [2.05, 4.69) is 4.74 Å². The molecule has 0 saturated carbocycles. The van der Waals surface area contributed by atoms with Crippen molar-refractivity contribution in [3.05, 3.63) is 84.1 Å². The lowest BCUT2D eigenvalue weighted by Crippen LogP contribution is -2.53. The van der Waals surface area contributed by atoms with Crippen molar-refractivity contribution in [2.75, 3.05) is 13.2 Å². The topological polar surface area (TPSA) is 61.1 Å². The van der Waals surface area contributed by atoms with Crippen molar-refractivity contribution in [1.82, 2.24) is 4.90 Å². The zero-order valence-electron chi connectivity index (χ0n) is 22.0. The second-order valence-corrected chi connectivity index (χ2v) is 10.7. The number of ether oxygens (including phenoxy) is 3. The Labute approximate surface area is 225 Å². The summed E-state index contributed by atoms with van der Waals surface area (Å²) in [5.74, 6) is 0.164. The first-order chi connectivity index (χ1) is 18.4. The molecule has 5 rings (SSSR count). The van der Waals surface area contributed by atoms with Crippen LogP contribution in [0.1, 0.15) is 50.8 Å². The van der Waals surface area contributed by atoms with E-state index in [1.54, 1.807) is 23.1 Å². The number of carbonyl (C=O) groups is 1. The highest BCUT2D eigenvalue weighted by atomic mass is 19.4. The molecule has 0 unspecified atom stereocenters. The highest BCUT2D eigenvalue weighted by Crippen LogP contribution is 2.49. The number of hydrogen-bond donors (Lipinski definition) is 0. The van der Waals surface area contributed by atoms with Gasteiger partial charge >= 0.3 is 12.5 Å². The summed E-state index contributed by atoms with van der Waals surface area (Å²) >= 11 is 0. The molecule has 206 valence electrons. The van der Waals surface area contributed by atoms with E-state index >= 15 is 0 Å². The normalized spacial score (nSPS) is 21.6. The van der Waals surface area contributed by atoms with Crippen LogP contribution in [-0.2, 0) is 9.47 Å². The average molecular weight is 542 g/mol. The second-order valence-electron chi connectivity index (χ2n) is 10.7. The summed E-state index contributed by atoms with van der Waals surface area (Å²) < 4.78 is 61.2. The van der Waals surface area contributed by atoms with Gasteiger partial charge in [0, 0.05) is 12.1 Å². The fourth-order valence-corrected chi connectivity index (χ4v) is 5.35. The number of alkyl halides is 3. The monoisotopic (exact) mass is 541 g/mol. The number of rotatable bonds is 4. The van der Waals surface area contributed by atoms with Gasteiger partial charge in [0.1, 0.15) is 22.7 Å². The molecule has 39 heavy (non-hydrogen) atoms. The average Bonchev–Trinajstić information content (AvgIpc) is 3.53. The molecule has 2 aromatic carbocycles. The standard InChI is InChI=1S/C30H30F3NO5/c1-28(2,3)39-27(35)34-15-8-14-29(26(34)20-9-5-4-6-10-20)18-21(19-37-29)24-17-22(38-30(31,32)33)12-13-23(24)25-11-7-16-36-25/h4-7,9-13,16-18,26H,8,14-15,19H2,1-3H3/t26-,29+/m0/s1. The van der Waals surface area contributed by atoms with Gasteiger partial charge in [0.15, 0.2) is 0 Å². The van der Waals surface area contributed by atoms with Crippen molar-refractivity contribution in [3.8, 4) is 17.1 Å². The van der Waals surface area contributed by atoms with Gasteiger partial charge < -0.3 is 18.6 Å². The Morgan fingerprint density at radius 1 is 1.03 bits per heavy atom. The molecule has 1 saturated heterocycles. The van der Waals surface area contributed by atoms with Gasteiger partial charge in [-0.2, -0.15) is 0 Å². The number of piperidine rings is 1. The molecule has 0 aliphatic carbocycles. The van der Waals surface area contributed by atoms with E-state index in [1.807, 2.05) is 57.2 Å². The van der Waals surface area contributed by atoms with Gasteiger partial charge in [-0.05, 0) is 86.7 Å². The maximum absolute atomic E-state index is 13.4. The van der Waals surface area contributed by atoms with Crippen molar-refractivity contribution in [2.45, 2.75) is 57.2 Å². The lowest BCUT2D eigenvalue weighted by molar-refractivity contribution is -0.274. The van der Waals surface area contributed by atoms with E-state index in [0.29, 0.717) is 41.8 Å². The van der Waals surface area contributed by atoms with Crippen LogP contribution in [0, 0.1) is 0 Å². The second kappa shape index (κ2) is 10.1. The molecule has 2 atom stereocenters. The van der Waals surface area contributed by atoms with Gasteiger partial charge in [-0.3, -0.25) is 4.90 Å². The summed E-state index contributed by atoms with van der Waals surface area (Å²) in [5, 5.41) is 0. The van der Waals surface area contributed by atoms with Crippen LogP contribution < -0.4 is 4.74 Å². The first kappa shape index (κ1) is 26.9. The molecule has 2 aliphatic heterocycles. The summed E-state index contributed by atoms with van der Waals surface area (Å²) in [6.07, 6.45) is -0.552. The van der Waals surface area contributed by atoms with Crippen molar-refractivity contribution in [1.29, 1.82) is 0 Å². The molecular formula is C30H30F3NO5. The third kappa shape index (κ3) is 5.83. The number of carbonyl (C=O) groups excluding carboxylic acids is 1. The molecule has 0 bridgehead atoms. The molecule has 1 spiro atoms. The SMILES string of the molecule is CC(C)(C)OC(=O)N1CCC[C@@]2(C=C(c3cc(OC(F)(F)F)ccc3-c3ccco3)CO2)[C@@H]1c1ccccc1. The Morgan fingerprint density at radius 3 is 2.46 bits per heavy atom. The number of amides is 1. The molecule has 2 aliphatic rings. The maximum atomic E-state index is 13.4. The van der Waals surface area contributed by atoms with E-state index in [9.17, 15) is 18.0 Å². The van der Waals surface area contributed by atoms with E-state index in [0.717, 1.165) is 5.56 Å². The fraction of sp³-hybridized carbons (Fsp3) is 0.367. The third-order valence-corrected chi connectivity index (χ3v) is 6.76. The minimum Gasteiger partial charge on any atom is -0.464 e. The Balaban J connectivity index is 1.60. The number of halogens is 3. The molecule has 3 heterocycles. The molecular weight excluding hydrogens is 511 g/mol. The van der Waals surface area contributed by atoms with Crippen LogP contribution in [0.4, 0.5) is 18.0 Å². The molecule has 6 nitrogen and oxygen atoms in total. The molecule has 1 fully saturated rings. The molecule has 3 aromatic rings. The minimum atomic E-state index is -4.83. The van der Waals surface area contributed by atoms with Gasteiger partial charge in [-0.1, -0.05) is 30.3 Å². The Hall–Kier alpha value is -3.72. The number of hydrogen-bond acceptors (Lipinski definition) is 5. The van der Waals surface area contributed by atoms with Gasteiger partial charge in [-0.25, -0.2) is 4.79 Å². The van der Waals surface area contributed by atoms with E-state index in [1.165, 1.54) is 18.4 Å². The summed E-state index contributed by atoms with van der Waals surface area (Å²) in [6, 6.07) is 16.7. The zero-order valence-corrected chi connectivity index (χ0v) is 22.0. The summed E-state index contributed by atoms with van der Waals surface area (Å²) in [7, 11) is 0. The van der Waals surface area contributed by atoms with Crippen LogP contribution in [0.3, 0.4) is 0 Å². The lowest BCUT2D eigenvalue weighted by Gasteiger charge is -2.47. The van der Waals surface area contributed by atoms with Crippen molar-refractivity contribution >= 4 is 11.7 Å². The summed E-state index contributed by atoms with van der Waals surface area (Å²) in [6.45, 7) is 6.07. The van der Waals surface area contributed by atoms with Crippen molar-refractivity contribution in [3.63, 3.8) is 0 Å². The van der Waals surface area contributed by atoms with Crippen LogP contribution in [-0.4, -0.2) is 41.7 Å². The van der Waals surface area contributed by atoms with Gasteiger partial charge in [-0.15, -0.1) is 13.2 Å². The highest BCUT2D eigenvalue weighted by molar-refractivity contribution is 5.82. The molecule has 0 radical (unpaired) electrons. The third-order valence-electron chi connectivity index (χ3n) is 6.76. The molecule has 1 aromatic heterocycles. The Bertz CT molecular complexity index is 1350. The number of furan rings is 1. The van der Waals surface area contributed by atoms with Crippen molar-refractivity contribution < 1.29 is 36.6 Å². The first-order valence-electron chi connectivity index (χ1n) is 12.8. The van der Waals surface area contributed by atoms with Crippen LogP contribution in [0.15, 0.2) is 77.4 Å². The maximum Gasteiger partial charge on any atom is 0.573 e. The lowest BCUT2D eigenvalue weighted by atomic mass is 9.79. The molecule has 1 amide bonds. The molecule has 9 heteroatoms. The van der Waals surface area contributed by atoms with Crippen LogP contribution in [0.5, 0.6) is 5.75 Å². The number of nitrogens with zero attached hydrogens (tertiary/aromatic N) is 1. The van der Waals surface area contributed by atoms with Crippen LogP contribution in [0.25, 0.3) is 16.9 Å². The fourth-order valence-electron chi connectivity index (χ4n) is 5.35. The van der Waals surface area contributed by atoms with E-state index in [4.69, 9.17) is 13.9 Å². The van der Waals surface area contributed by atoms with Gasteiger partial charge in [0.05, 0.1) is 18.9 Å². The Morgan fingerprint density at radius 2 is 1.79 bits per heavy atom. The number of likely N-dealkylation sites (tertiary alicyclic amines) is 1. The predicted octanol–water partition coefficient (Wildman–Crippen LogP) is 7.77. The Kier molecular flexibility index (Phi) is 6.97. The minimum absolute atomic E-state index is 0.134. The predicted molar refractivity (Wildman–Crippen MR) is 139 cm³/mol. The van der Waals surface area contributed by atoms with Crippen LogP contribution >= 0.6 is 0 Å². The molecule has 0 N–H and O–H groups in total. The summed E-state index contributed by atoms with van der Waals surface area (Å²) in [5.41, 5.74) is 1.08. The van der Waals surface area contributed by atoms with Gasteiger partial charge in [0.2, 0.25) is 0 Å². The van der Waals surface area contributed by atoms with E-state index < -0.39 is 29.7 Å². The smallest absolute Gasteiger partial charge is 0.464 e. The van der Waals surface area contributed by atoms with Crippen molar-refractivity contribution in [2.24, 2.45) is 0 Å². The quantitative estimate of drug-likeness (QED) is 0.338. The largest absolute Gasteiger partial charge is 0.573 e. The summed E-state index contributed by atoms with van der Waals surface area (Å²) in [4.78, 5) is 15.1. The zero-order chi connectivity index (χ0) is 27.8.